The van der Waals surface area contributed by atoms with Crippen LogP contribution >= 0.6 is 0 Å². The zero-order valence-electron chi connectivity index (χ0n) is 13.8. The summed E-state index contributed by atoms with van der Waals surface area (Å²) < 4.78 is 26.3. The number of nitrogens with one attached hydrogen (secondary N) is 1. The van der Waals surface area contributed by atoms with Crippen LogP contribution in [0.15, 0.2) is 83.8 Å². The van der Waals surface area contributed by atoms with Crippen molar-refractivity contribution >= 4 is 22.2 Å². The lowest BCUT2D eigenvalue weighted by Crippen LogP contribution is -2.18. The summed E-state index contributed by atoms with van der Waals surface area (Å²) in [6.07, 6.45) is 5.50. The van der Waals surface area contributed by atoms with Crippen molar-refractivity contribution in [3.63, 3.8) is 0 Å². The third-order valence-electron chi connectivity index (χ3n) is 3.85. The lowest BCUT2D eigenvalue weighted by Gasteiger charge is -2.09. The molecule has 1 N–H and O–H groups in total. The monoisotopic (exact) mass is 360 g/mol. The molecule has 3 aromatic carbocycles. The summed E-state index contributed by atoms with van der Waals surface area (Å²) in [4.78, 5) is 0.0779. The normalized spacial score (nSPS) is 11.2. The molecule has 0 aliphatic heterocycles. The molecule has 4 nitrogen and oxygen atoms in total. The Morgan fingerprint density at radius 2 is 1.35 bits per heavy atom. The van der Waals surface area contributed by atoms with Gasteiger partial charge in [0.25, 0.3) is 10.0 Å². The van der Waals surface area contributed by atoms with Crippen molar-refractivity contribution in [1.82, 2.24) is 4.72 Å². The summed E-state index contributed by atoms with van der Waals surface area (Å²) >= 11 is 0. The van der Waals surface area contributed by atoms with Gasteiger partial charge in [0.15, 0.2) is 6.19 Å². The van der Waals surface area contributed by atoms with Crippen molar-refractivity contribution in [2.75, 3.05) is 0 Å². The smallest absolute Gasteiger partial charge is 0.215 e. The molecule has 0 aliphatic carbocycles. The minimum absolute atomic E-state index is 0.0779. The highest BCUT2D eigenvalue weighted by Crippen LogP contribution is 2.27. The van der Waals surface area contributed by atoms with Gasteiger partial charge >= 0.3 is 0 Å². The van der Waals surface area contributed by atoms with E-state index in [9.17, 15) is 8.42 Å². The van der Waals surface area contributed by atoms with Crippen LogP contribution in [0.4, 0.5) is 0 Å². The molecule has 0 unspecified atom stereocenters. The Bertz CT molecular complexity index is 1060. The van der Waals surface area contributed by atoms with Gasteiger partial charge in [-0.1, -0.05) is 84.9 Å². The summed E-state index contributed by atoms with van der Waals surface area (Å²) in [5.74, 6) is 0. The molecule has 3 aromatic rings. The third kappa shape index (κ3) is 4.00. The predicted octanol–water partition coefficient (Wildman–Crippen LogP) is 4.28. The second kappa shape index (κ2) is 7.68. The Labute approximate surface area is 153 Å². The summed E-state index contributed by atoms with van der Waals surface area (Å²) in [5.41, 5.74) is 3.43. The molecule has 0 aliphatic rings. The number of hydrogen-bond donors (Lipinski definition) is 1. The molecule has 128 valence electrons. The predicted molar refractivity (Wildman–Crippen MR) is 103 cm³/mol. The molecule has 0 bridgehead atoms. The highest BCUT2D eigenvalue weighted by molar-refractivity contribution is 7.89. The van der Waals surface area contributed by atoms with Crippen molar-refractivity contribution in [3.05, 3.63) is 90.0 Å². The van der Waals surface area contributed by atoms with Crippen molar-refractivity contribution in [1.29, 1.82) is 5.26 Å². The first-order valence-electron chi connectivity index (χ1n) is 7.94. The maximum atomic E-state index is 12.2. The van der Waals surface area contributed by atoms with Gasteiger partial charge in [0.2, 0.25) is 0 Å². The van der Waals surface area contributed by atoms with Gasteiger partial charge in [-0.15, -0.1) is 0 Å². The van der Waals surface area contributed by atoms with E-state index in [1.807, 2.05) is 71.5 Å². The molecule has 0 saturated heterocycles. The maximum absolute atomic E-state index is 12.2. The van der Waals surface area contributed by atoms with Crippen LogP contribution in [0.2, 0.25) is 0 Å². The number of sulfonamides is 1. The van der Waals surface area contributed by atoms with E-state index >= 15 is 0 Å². The quantitative estimate of drug-likeness (QED) is 0.419. The Morgan fingerprint density at radius 1 is 0.769 bits per heavy atom. The van der Waals surface area contributed by atoms with Crippen LogP contribution in [-0.4, -0.2) is 8.42 Å². The summed E-state index contributed by atoms with van der Waals surface area (Å²) in [7, 11) is -3.87. The van der Waals surface area contributed by atoms with Gasteiger partial charge in [-0.05, 0) is 22.8 Å². The largest absolute Gasteiger partial charge is 0.270 e. The van der Waals surface area contributed by atoms with Gasteiger partial charge in [0, 0.05) is 5.56 Å². The zero-order valence-corrected chi connectivity index (χ0v) is 14.6. The number of hydrogen-bond acceptors (Lipinski definition) is 3. The Morgan fingerprint density at radius 3 is 2.00 bits per heavy atom. The molecule has 0 radical (unpaired) electrons. The van der Waals surface area contributed by atoms with Gasteiger partial charge in [-0.2, -0.15) is 5.26 Å². The lowest BCUT2D eigenvalue weighted by atomic mass is 10.0. The maximum Gasteiger partial charge on any atom is 0.270 e. The number of nitrogens with zero attached hydrogens (tertiary/aromatic N) is 1. The first kappa shape index (κ1) is 17.5. The summed E-state index contributed by atoms with van der Waals surface area (Å²) in [6.45, 7) is 0. The molecule has 0 amide bonds. The van der Waals surface area contributed by atoms with E-state index in [-0.39, 0.29) is 4.90 Å². The van der Waals surface area contributed by atoms with Gasteiger partial charge < -0.3 is 0 Å². The fourth-order valence-electron chi connectivity index (χ4n) is 2.58. The van der Waals surface area contributed by atoms with Crippen LogP contribution in [-0.2, 0) is 10.0 Å². The Hall–Kier alpha value is -3.36. The first-order valence-corrected chi connectivity index (χ1v) is 9.42. The SMILES string of the molecule is N#CNS(=O)(=O)c1ccccc1-c1ccc(/C=C\c2ccccc2)cc1. The van der Waals surface area contributed by atoms with Gasteiger partial charge in [-0.25, -0.2) is 13.1 Å². The first-order chi connectivity index (χ1) is 12.6. The standard InChI is InChI=1S/C21H16N2O2S/c22-16-23-26(24,25)21-9-5-4-8-20(21)19-14-12-18(13-15-19)11-10-17-6-2-1-3-7-17/h1-15,23H/b11-10-. The topological polar surface area (TPSA) is 70.0 Å². The molecule has 0 heterocycles. The van der Waals surface area contributed by atoms with Crippen LogP contribution in [0, 0.1) is 11.5 Å². The third-order valence-corrected chi connectivity index (χ3v) is 5.14. The van der Waals surface area contributed by atoms with E-state index in [1.165, 1.54) is 12.3 Å². The van der Waals surface area contributed by atoms with Crippen LogP contribution in [0.25, 0.3) is 23.3 Å². The van der Waals surface area contributed by atoms with E-state index in [4.69, 9.17) is 5.26 Å². The van der Waals surface area contributed by atoms with E-state index in [1.54, 1.807) is 18.2 Å². The molecular weight excluding hydrogens is 344 g/mol. The van der Waals surface area contributed by atoms with Crippen molar-refractivity contribution < 1.29 is 8.42 Å². The van der Waals surface area contributed by atoms with E-state index < -0.39 is 10.0 Å². The van der Waals surface area contributed by atoms with E-state index in [0.717, 1.165) is 16.7 Å². The molecule has 0 spiro atoms. The lowest BCUT2D eigenvalue weighted by molar-refractivity contribution is 0.591. The van der Waals surface area contributed by atoms with Crippen molar-refractivity contribution in [3.8, 4) is 17.3 Å². The second-order valence-corrected chi connectivity index (χ2v) is 7.23. The van der Waals surface area contributed by atoms with Crippen LogP contribution in [0.1, 0.15) is 11.1 Å². The fraction of sp³-hybridized carbons (Fsp3) is 0. The molecular formula is C21H16N2O2S. The van der Waals surface area contributed by atoms with Gasteiger partial charge in [0.05, 0.1) is 4.90 Å². The number of rotatable bonds is 5. The van der Waals surface area contributed by atoms with Crippen LogP contribution in [0.3, 0.4) is 0 Å². The number of benzene rings is 3. The molecule has 0 aromatic heterocycles. The van der Waals surface area contributed by atoms with Crippen LogP contribution < -0.4 is 4.72 Å². The van der Waals surface area contributed by atoms with E-state index in [2.05, 4.69) is 0 Å². The minimum atomic E-state index is -3.87. The van der Waals surface area contributed by atoms with Crippen LogP contribution in [0.5, 0.6) is 0 Å². The Kier molecular flexibility index (Phi) is 5.16. The highest BCUT2D eigenvalue weighted by atomic mass is 32.2. The molecule has 3 rings (SSSR count). The van der Waals surface area contributed by atoms with E-state index in [0.29, 0.717) is 5.56 Å². The average Bonchev–Trinajstić information content (AvgIpc) is 2.68. The van der Waals surface area contributed by atoms with Crippen molar-refractivity contribution in [2.45, 2.75) is 4.90 Å². The molecule has 0 atom stereocenters. The molecule has 5 heteroatoms. The van der Waals surface area contributed by atoms with Crippen molar-refractivity contribution in [2.24, 2.45) is 0 Å². The fourth-order valence-corrected chi connectivity index (χ4v) is 3.55. The Balaban J connectivity index is 1.91. The van der Waals surface area contributed by atoms with Gasteiger partial charge in [0.1, 0.15) is 0 Å². The summed E-state index contributed by atoms with van der Waals surface area (Å²) in [5, 5.41) is 8.67. The minimum Gasteiger partial charge on any atom is -0.215 e. The molecule has 26 heavy (non-hydrogen) atoms. The molecule has 0 saturated carbocycles. The summed E-state index contributed by atoms with van der Waals surface area (Å²) in [6, 6.07) is 24.2. The van der Waals surface area contributed by atoms with Gasteiger partial charge in [-0.3, -0.25) is 0 Å². The second-order valence-electron chi connectivity index (χ2n) is 5.58. The zero-order chi connectivity index (χ0) is 18.4. The number of nitriles is 1. The highest BCUT2D eigenvalue weighted by Gasteiger charge is 2.18. The molecule has 0 fully saturated rings. The average molecular weight is 360 g/mol.